The maximum absolute atomic E-state index is 11.3. The van der Waals surface area contributed by atoms with Crippen LogP contribution < -0.4 is 5.32 Å². The number of hydrogen-bond donors (Lipinski definition) is 1. The van der Waals surface area contributed by atoms with Crippen molar-refractivity contribution in [2.24, 2.45) is 4.99 Å². The highest BCUT2D eigenvalue weighted by atomic mass is 16.5. The average molecular weight is 232 g/mol. The molecule has 0 aromatic heterocycles. The van der Waals surface area contributed by atoms with Crippen LogP contribution in [0.15, 0.2) is 29.3 Å². The van der Waals surface area contributed by atoms with E-state index < -0.39 is 0 Å². The van der Waals surface area contributed by atoms with Gasteiger partial charge in [0.15, 0.2) is 0 Å². The molecule has 1 aromatic rings. The second-order valence-corrected chi connectivity index (χ2v) is 4.17. The first kappa shape index (κ1) is 11.6. The van der Waals surface area contributed by atoms with E-state index in [2.05, 4.69) is 40.2 Å². The summed E-state index contributed by atoms with van der Waals surface area (Å²) in [7, 11) is 1.39. The number of nitrogens with zero attached hydrogens (tertiary/aromatic N) is 1. The van der Waals surface area contributed by atoms with Crippen LogP contribution in [0, 0.1) is 6.92 Å². The summed E-state index contributed by atoms with van der Waals surface area (Å²) in [6.07, 6.45) is 0.731. The minimum atomic E-state index is -0.320. The predicted octanol–water partition coefficient (Wildman–Crippen LogP) is 1.08. The van der Waals surface area contributed by atoms with Crippen LogP contribution in [0.3, 0.4) is 0 Å². The first-order valence-corrected chi connectivity index (χ1v) is 5.62. The predicted molar refractivity (Wildman–Crippen MR) is 66.1 cm³/mol. The molecule has 2 rings (SSSR count). The Balaban J connectivity index is 1.96. The number of aliphatic imine (C=N–C) groups is 1. The SMILES string of the molecule is COC(=O)[C@@H]1CN=C(Cc2cccc(C)c2)N1. The second kappa shape index (κ2) is 4.99. The lowest BCUT2D eigenvalue weighted by atomic mass is 10.1. The lowest BCUT2D eigenvalue weighted by Gasteiger charge is -2.09. The number of hydrogen-bond acceptors (Lipinski definition) is 4. The zero-order valence-electron chi connectivity index (χ0n) is 10.1. The molecule has 0 saturated carbocycles. The number of esters is 1. The van der Waals surface area contributed by atoms with Gasteiger partial charge in [-0.3, -0.25) is 4.99 Å². The monoisotopic (exact) mass is 232 g/mol. The fraction of sp³-hybridized carbons (Fsp3) is 0.385. The first-order valence-electron chi connectivity index (χ1n) is 5.62. The van der Waals surface area contributed by atoms with Crippen LogP contribution in [-0.4, -0.2) is 31.5 Å². The average Bonchev–Trinajstić information content (AvgIpc) is 2.76. The molecule has 0 spiro atoms. The van der Waals surface area contributed by atoms with E-state index in [0.29, 0.717) is 6.54 Å². The molecule has 0 unspecified atom stereocenters. The van der Waals surface area contributed by atoms with Gasteiger partial charge in [0, 0.05) is 6.42 Å². The molecule has 1 N–H and O–H groups in total. The van der Waals surface area contributed by atoms with E-state index in [4.69, 9.17) is 0 Å². The van der Waals surface area contributed by atoms with Crippen molar-refractivity contribution in [3.63, 3.8) is 0 Å². The first-order chi connectivity index (χ1) is 8.19. The number of methoxy groups -OCH3 is 1. The Hall–Kier alpha value is -1.84. The van der Waals surface area contributed by atoms with Gasteiger partial charge < -0.3 is 10.1 Å². The van der Waals surface area contributed by atoms with Crippen LogP contribution in [0.1, 0.15) is 11.1 Å². The van der Waals surface area contributed by atoms with Gasteiger partial charge in [-0.2, -0.15) is 0 Å². The lowest BCUT2D eigenvalue weighted by Crippen LogP contribution is -2.38. The third-order valence-electron chi connectivity index (χ3n) is 2.75. The molecule has 0 aliphatic carbocycles. The number of aryl methyl sites for hydroxylation is 1. The molecule has 0 amide bonds. The number of rotatable bonds is 3. The van der Waals surface area contributed by atoms with E-state index in [1.165, 1.54) is 18.2 Å². The van der Waals surface area contributed by atoms with E-state index in [1.54, 1.807) is 0 Å². The highest BCUT2D eigenvalue weighted by Gasteiger charge is 2.24. The Morgan fingerprint density at radius 2 is 2.41 bits per heavy atom. The third-order valence-corrected chi connectivity index (χ3v) is 2.75. The van der Waals surface area contributed by atoms with Crippen molar-refractivity contribution in [1.29, 1.82) is 0 Å². The Bertz CT molecular complexity index is 454. The topological polar surface area (TPSA) is 50.7 Å². The fourth-order valence-electron chi connectivity index (χ4n) is 1.89. The molecule has 1 heterocycles. The third kappa shape index (κ3) is 2.84. The molecular formula is C13H16N2O2. The van der Waals surface area contributed by atoms with Gasteiger partial charge in [-0.15, -0.1) is 0 Å². The normalized spacial score (nSPS) is 18.5. The molecule has 1 aromatic carbocycles. The number of benzene rings is 1. The summed E-state index contributed by atoms with van der Waals surface area (Å²) in [4.78, 5) is 15.6. The highest BCUT2D eigenvalue weighted by molar-refractivity contribution is 5.92. The van der Waals surface area contributed by atoms with E-state index in [1.807, 2.05) is 6.07 Å². The maximum Gasteiger partial charge on any atom is 0.330 e. The van der Waals surface area contributed by atoms with Gasteiger partial charge in [0.1, 0.15) is 11.9 Å². The molecule has 1 atom stereocenters. The van der Waals surface area contributed by atoms with Crippen molar-refractivity contribution < 1.29 is 9.53 Å². The summed E-state index contributed by atoms with van der Waals surface area (Å²) in [5, 5.41) is 3.09. The minimum absolute atomic E-state index is 0.256. The highest BCUT2D eigenvalue weighted by Crippen LogP contribution is 2.08. The van der Waals surface area contributed by atoms with Gasteiger partial charge in [-0.05, 0) is 12.5 Å². The summed E-state index contributed by atoms with van der Waals surface area (Å²) in [6, 6.07) is 7.95. The Morgan fingerprint density at radius 3 is 3.12 bits per heavy atom. The molecule has 1 aliphatic rings. The number of ether oxygens (including phenoxy) is 1. The summed E-state index contributed by atoms with van der Waals surface area (Å²) >= 11 is 0. The second-order valence-electron chi connectivity index (χ2n) is 4.17. The number of amidine groups is 1. The summed E-state index contributed by atoms with van der Waals surface area (Å²) < 4.78 is 4.68. The van der Waals surface area contributed by atoms with Crippen molar-refractivity contribution >= 4 is 11.8 Å². The summed E-state index contributed by atoms with van der Waals surface area (Å²) in [6.45, 7) is 2.53. The smallest absolute Gasteiger partial charge is 0.330 e. The minimum Gasteiger partial charge on any atom is -0.467 e. The number of carbonyl (C=O) groups excluding carboxylic acids is 1. The van der Waals surface area contributed by atoms with Gasteiger partial charge in [0.2, 0.25) is 0 Å². The molecule has 0 saturated heterocycles. The van der Waals surface area contributed by atoms with Crippen molar-refractivity contribution in [1.82, 2.24) is 5.32 Å². The van der Waals surface area contributed by atoms with Crippen LogP contribution >= 0.6 is 0 Å². The zero-order valence-corrected chi connectivity index (χ0v) is 10.1. The molecule has 4 nitrogen and oxygen atoms in total. The van der Waals surface area contributed by atoms with Crippen LogP contribution in [-0.2, 0) is 16.0 Å². The van der Waals surface area contributed by atoms with Gasteiger partial charge in [-0.25, -0.2) is 4.79 Å². The van der Waals surface area contributed by atoms with Crippen LogP contribution in [0.4, 0.5) is 0 Å². The standard InChI is InChI=1S/C13H16N2O2/c1-9-4-3-5-10(6-9)7-12-14-8-11(15-12)13(16)17-2/h3-6,11H,7-8H2,1-2H3,(H,14,15)/t11-/m0/s1. The number of carbonyl (C=O) groups is 1. The Kier molecular flexibility index (Phi) is 3.42. The van der Waals surface area contributed by atoms with Crippen LogP contribution in [0.2, 0.25) is 0 Å². The van der Waals surface area contributed by atoms with E-state index in [-0.39, 0.29) is 12.0 Å². The van der Waals surface area contributed by atoms with Gasteiger partial charge >= 0.3 is 5.97 Å². The van der Waals surface area contributed by atoms with E-state index in [0.717, 1.165) is 12.3 Å². The molecule has 0 radical (unpaired) electrons. The van der Waals surface area contributed by atoms with E-state index in [9.17, 15) is 4.79 Å². The van der Waals surface area contributed by atoms with Crippen molar-refractivity contribution in [2.45, 2.75) is 19.4 Å². The fourth-order valence-corrected chi connectivity index (χ4v) is 1.89. The molecule has 4 heteroatoms. The van der Waals surface area contributed by atoms with Gasteiger partial charge in [-0.1, -0.05) is 29.8 Å². The van der Waals surface area contributed by atoms with Gasteiger partial charge in [0.25, 0.3) is 0 Å². The van der Waals surface area contributed by atoms with Gasteiger partial charge in [0.05, 0.1) is 13.7 Å². The summed E-state index contributed by atoms with van der Waals surface area (Å²) in [5.74, 6) is 0.596. The van der Waals surface area contributed by atoms with Crippen LogP contribution in [0.5, 0.6) is 0 Å². The Labute approximate surface area is 101 Å². The molecule has 0 bridgehead atoms. The van der Waals surface area contributed by atoms with E-state index >= 15 is 0 Å². The van der Waals surface area contributed by atoms with Crippen molar-refractivity contribution in [3.8, 4) is 0 Å². The van der Waals surface area contributed by atoms with Crippen molar-refractivity contribution in [3.05, 3.63) is 35.4 Å². The quantitative estimate of drug-likeness (QED) is 0.793. The lowest BCUT2D eigenvalue weighted by molar-refractivity contribution is -0.142. The molecular weight excluding hydrogens is 216 g/mol. The number of nitrogens with one attached hydrogen (secondary N) is 1. The Morgan fingerprint density at radius 1 is 1.59 bits per heavy atom. The van der Waals surface area contributed by atoms with Crippen molar-refractivity contribution in [2.75, 3.05) is 13.7 Å². The molecule has 17 heavy (non-hydrogen) atoms. The molecule has 1 aliphatic heterocycles. The molecule has 90 valence electrons. The molecule has 0 fully saturated rings. The summed E-state index contributed by atoms with van der Waals surface area (Å²) in [5.41, 5.74) is 2.42. The van der Waals surface area contributed by atoms with Crippen LogP contribution in [0.25, 0.3) is 0 Å². The largest absolute Gasteiger partial charge is 0.467 e. The maximum atomic E-state index is 11.3. The zero-order chi connectivity index (χ0) is 12.3.